The molecule has 0 aliphatic carbocycles. The van der Waals surface area contributed by atoms with E-state index in [2.05, 4.69) is 5.32 Å². The number of nitrogen functional groups attached to an aromatic ring is 1. The van der Waals surface area contributed by atoms with Gasteiger partial charge in [-0.1, -0.05) is 36.4 Å². The summed E-state index contributed by atoms with van der Waals surface area (Å²) in [6.07, 6.45) is 0. The highest BCUT2D eigenvalue weighted by atomic mass is 16.1. The Hall–Kier alpha value is -2.29. The zero-order valence-electron chi connectivity index (χ0n) is 11.2. The number of hydrogen-bond donors (Lipinski definition) is 2. The molecule has 98 valence electrons. The van der Waals surface area contributed by atoms with Crippen molar-refractivity contribution in [2.75, 3.05) is 5.73 Å². The second kappa shape index (κ2) is 5.57. The largest absolute Gasteiger partial charge is 0.398 e. The number of aryl methyl sites for hydroxylation is 2. The smallest absolute Gasteiger partial charge is 0.253 e. The van der Waals surface area contributed by atoms with Crippen LogP contribution in [0, 0.1) is 13.8 Å². The summed E-state index contributed by atoms with van der Waals surface area (Å²) in [5.41, 5.74) is 10.1. The number of hydrogen-bond acceptors (Lipinski definition) is 2. The minimum atomic E-state index is -0.126. The predicted octanol–water partition coefficient (Wildman–Crippen LogP) is 2.82. The number of benzene rings is 2. The van der Waals surface area contributed by atoms with Crippen molar-refractivity contribution in [2.24, 2.45) is 0 Å². The Balaban J connectivity index is 2.13. The molecule has 0 bridgehead atoms. The molecule has 0 heterocycles. The fourth-order valence-electron chi connectivity index (χ4n) is 2.07. The quantitative estimate of drug-likeness (QED) is 0.827. The molecule has 0 aliphatic rings. The molecule has 0 atom stereocenters. The van der Waals surface area contributed by atoms with E-state index < -0.39 is 0 Å². The molecular weight excluding hydrogens is 236 g/mol. The monoisotopic (exact) mass is 254 g/mol. The van der Waals surface area contributed by atoms with Gasteiger partial charge in [0.1, 0.15) is 0 Å². The molecule has 0 aromatic heterocycles. The minimum Gasteiger partial charge on any atom is -0.398 e. The van der Waals surface area contributed by atoms with Gasteiger partial charge in [0, 0.05) is 12.2 Å². The van der Waals surface area contributed by atoms with E-state index in [1.165, 1.54) is 5.56 Å². The molecule has 3 N–H and O–H groups in total. The average Bonchev–Trinajstić information content (AvgIpc) is 2.37. The van der Waals surface area contributed by atoms with Crippen molar-refractivity contribution in [1.29, 1.82) is 0 Å². The molecule has 0 saturated carbocycles. The van der Waals surface area contributed by atoms with Crippen molar-refractivity contribution in [3.8, 4) is 0 Å². The lowest BCUT2D eigenvalue weighted by molar-refractivity contribution is 0.0951. The maximum absolute atomic E-state index is 12.2. The molecule has 3 nitrogen and oxygen atoms in total. The molecule has 0 radical (unpaired) electrons. The van der Waals surface area contributed by atoms with Crippen molar-refractivity contribution >= 4 is 11.6 Å². The van der Waals surface area contributed by atoms with E-state index in [9.17, 15) is 4.79 Å². The second-order valence-electron chi connectivity index (χ2n) is 4.65. The molecule has 19 heavy (non-hydrogen) atoms. The molecule has 3 heteroatoms. The normalized spacial score (nSPS) is 10.2. The van der Waals surface area contributed by atoms with E-state index in [-0.39, 0.29) is 5.91 Å². The lowest BCUT2D eigenvalue weighted by atomic mass is 10.1. The van der Waals surface area contributed by atoms with E-state index in [1.807, 2.05) is 50.2 Å². The summed E-state index contributed by atoms with van der Waals surface area (Å²) in [6, 6.07) is 13.5. The lowest BCUT2D eigenvalue weighted by Crippen LogP contribution is -2.25. The topological polar surface area (TPSA) is 55.1 Å². The van der Waals surface area contributed by atoms with E-state index in [0.29, 0.717) is 17.8 Å². The second-order valence-corrected chi connectivity index (χ2v) is 4.65. The molecule has 0 saturated heterocycles. The predicted molar refractivity (Wildman–Crippen MR) is 77.9 cm³/mol. The standard InChI is InChI=1S/C16H18N2O/c1-11-6-3-4-8-13(11)10-18-16(19)15-12(2)7-5-9-14(15)17/h3-9H,10,17H2,1-2H3,(H,18,19). The van der Waals surface area contributed by atoms with Gasteiger partial charge in [-0.25, -0.2) is 0 Å². The summed E-state index contributed by atoms with van der Waals surface area (Å²) >= 11 is 0. The van der Waals surface area contributed by atoms with Gasteiger partial charge < -0.3 is 11.1 Å². The number of carbonyl (C=O) groups is 1. The number of nitrogens with one attached hydrogen (secondary N) is 1. The summed E-state index contributed by atoms with van der Waals surface area (Å²) in [7, 11) is 0. The Kier molecular flexibility index (Phi) is 3.85. The van der Waals surface area contributed by atoms with Crippen molar-refractivity contribution in [1.82, 2.24) is 5.32 Å². The zero-order chi connectivity index (χ0) is 13.8. The summed E-state index contributed by atoms with van der Waals surface area (Å²) < 4.78 is 0. The van der Waals surface area contributed by atoms with Gasteiger partial charge >= 0.3 is 0 Å². The van der Waals surface area contributed by atoms with Crippen LogP contribution in [0.2, 0.25) is 0 Å². The molecule has 0 spiro atoms. The third-order valence-electron chi connectivity index (χ3n) is 3.23. The van der Waals surface area contributed by atoms with Crippen LogP contribution in [0.4, 0.5) is 5.69 Å². The van der Waals surface area contributed by atoms with E-state index in [0.717, 1.165) is 11.1 Å². The number of nitrogens with two attached hydrogens (primary N) is 1. The summed E-state index contributed by atoms with van der Waals surface area (Å²) in [6.45, 7) is 4.43. The van der Waals surface area contributed by atoms with Gasteiger partial charge in [0.05, 0.1) is 5.56 Å². The van der Waals surface area contributed by atoms with Crippen LogP contribution in [0.15, 0.2) is 42.5 Å². The van der Waals surface area contributed by atoms with Crippen LogP contribution < -0.4 is 11.1 Å². The van der Waals surface area contributed by atoms with Crippen LogP contribution in [0.1, 0.15) is 27.0 Å². The number of rotatable bonds is 3. The van der Waals surface area contributed by atoms with E-state index in [1.54, 1.807) is 6.07 Å². The third-order valence-corrected chi connectivity index (χ3v) is 3.23. The van der Waals surface area contributed by atoms with Gasteiger partial charge in [-0.3, -0.25) is 4.79 Å². The molecule has 0 fully saturated rings. The minimum absolute atomic E-state index is 0.126. The van der Waals surface area contributed by atoms with Crippen LogP contribution in [0.3, 0.4) is 0 Å². The lowest BCUT2D eigenvalue weighted by Gasteiger charge is -2.11. The van der Waals surface area contributed by atoms with Crippen LogP contribution in [0.25, 0.3) is 0 Å². The van der Waals surface area contributed by atoms with Crippen LogP contribution in [-0.2, 0) is 6.54 Å². The molecule has 0 unspecified atom stereocenters. The summed E-state index contributed by atoms with van der Waals surface area (Å²) in [4.78, 5) is 12.2. The number of amides is 1. The zero-order valence-corrected chi connectivity index (χ0v) is 11.2. The first kappa shape index (κ1) is 13.1. The third kappa shape index (κ3) is 2.94. The Bertz CT molecular complexity index is 585. The van der Waals surface area contributed by atoms with Gasteiger partial charge in [-0.15, -0.1) is 0 Å². The van der Waals surface area contributed by atoms with Gasteiger partial charge in [0.25, 0.3) is 5.91 Å². The van der Waals surface area contributed by atoms with Crippen LogP contribution >= 0.6 is 0 Å². The first-order chi connectivity index (χ1) is 9.09. The van der Waals surface area contributed by atoms with Crippen molar-refractivity contribution in [3.05, 3.63) is 64.7 Å². The van der Waals surface area contributed by atoms with Crippen molar-refractivity contribution < 1.29 is 4.79 Å². The Morgan fingerprint density at radius 1 is 1.05 bits per heavy atom. The summed E-state index contributed by atoms with van der Waals surface area (Å²) in [5, 5.41) is 2.92. The first-order valence-corrected chi connectivity index (χ1v) is 6.27. The fraction of sp³-hybridized carbons (Fsp3) is 0.188. The van der Waals surface area contributed by atoms with E-state index in [4.69, 9.17) is 5.73 Å². The van der Waals surface area contributed by atoms with E-state index >= 15 is 0 Å². The van der Waals surface area contributed by atoms with Crippen LogP contribution in [0.5, 0.6) is 0 Å². The Morgan fingerprint density at radius 2 is 1.74 bits per heavy atom. The molecule has 2 aromatic rings. The Morgan fingerprint density at radius 3 is 2.42 bits per heavy atom. The first-order valence-electron chi connectivity index (χ1n) is 6.27. The maximum atomic E-state index is 12.2. The molecule has 2 rings (SSSR count). The fourth-order valence-corrected chi connectivity index (χ4v) is 2.07. The van der Waals surface area contributed by atoms with Gasteiger partial charge in [0.15, 0.2) is 0 Å². The van der Waals surface area contributed by atoms with Crippen molar-refractivity contribution in [2.45, 2.75) is 20.4 Å². The highest BCUT2D eigenvalue weighted by Crippen LogP contribution is 2.16. The molecular formula is C16H18N2O. The number of carbonyl (C=O) groups excluding carboxylic acids is 1. The van der Waals surface area contributed by atoms with Crippen molar-refractivity contribution in [3.63, 3.8) is 0 Å². The SMILES string of the molecule is Cc1ccccc1CNC(=O)c1c(C)cccc1N. The molecule has 2 aromatic carbocycles. The van der Waals surface area contributed by atoms with Gasteiger partial charge in [-0.2, -0.15) is 0 Å². The number of anilines is 1. The maximum Gasteiger partial charge on any atom is 0.253 e. The van der Waals surface area contributed by atoms with Gasteiger partial charge in [-0.05, 0) is 36.6 Å². The highest BCUT2D eigenvalue weighted by molar-refractivity contribution is 6.00. The Labute approximate surface area is 113 Å². The highest BCUT2D eigenvalue weighted by Gasteiger charge is 2.12. The molecule has 1 amide bonds. The van der Waals surface area contributed by atoms with Gasteiger partial charge in [0.2, 0.25) is 0 Å². The molecule has 0 aliphatic heterocycles. The van der Waals surface area contributed by atoms with Crippen LogP contribution in [-0.4, -0.2) is 5.91 Å². The summed E-state index contributed by atoms with van der Waals surface area (Å²) in [5.74, 6) is -0.126. The average molecular weight is 254 g/mol.